The minimum absolute atomic E-state index is 0.149. The van der Waals surface area contributed by atoms with Gasteiger partial charge in [-0.25, -0.2) is 9.97 Å². The topological polar surface area (TPSA) is 69.2 Å². The Morgan fingerprint density at radius 2 is 1.91 bits per heavy atom. The van der Waals surface area contributed by atoms with Crippen LogP contribution in [0.2, 0.25) is 0 Å². The third-order valence-electron chi connectivity index (χ3n) is 4.83. The second-order valence-corrected chi connectivity index (χ2v) is 8.27. The van der Waals surface area contributed by atoms with Crippen molar-refractivity contribution in [2.24, 2.45) is 0 Å². The SMILES string of the molecule is CNCCOc1cc(C)c2nc(-c3cc(C(F)(F)F)cc4nc(COC)cnc34)sc2c1. The number of aryl methyl sites for hydroxylation is 1. The molecule has 0 saturated heterocycles. The molecule has 0 aliphatic heterocycles. The lowest BCUT2D eigenvalue weighted by atomic mass is 10.1. The predicted octanol–water partition coefficient (Wildman–Crippen LogP) is 4.98. The van der Waals surface area contributed by atoms with E-state index in [0.29, 0.717) is 40.7 Å². The highest BCUT2D eigenvalue weighted by Crippen LogP contribution is 2.40. The van der Waals surface area contributed by atoms with Crippen molar-refractivity contribution in [2.75, 3.05) is 27.3 Å². The Morgan fingerprint density at radius 3 is 2.62 bits per heavy atom. The molecule has 0 saturated carbocycles. The largest absolute Gasteiger partial charge is 0.492 e. The summed E-state index contributed by atoms with van der Waals surface area (Å²) in [5, 5.41) is 3.46. The molecule has 0 amide bonds. The van der Waals surface area contributed by atoms with Gasteiger partial charge in [-0.05, 0) is 43.8 Å². The fourth-order valence-corrected chi connectivity index (χ4v) is 4.43. The monoisotopic (exact) mass is 462 g/mol. The summed E-state index contributed by atoms with van der Waals surface area (Å²) in [7, 11) is 3.33. The molecule has 4 rings (SSSR count). The summed E-state index contributed by atoms with van der Waals surface area (Å²) in [5.41, 5.74) is 2.07. The second-order valence-electron chi connectivity index (χ2n) is 7.24. The van der Waals surface area contributed by atoms with Gasteiger partial charge in [0.1, 0.15) is 17.4 Å². The lowest BCUT2D eigenvalue weighted by molar-refractivity contribution is -0.137. The smallest absolute Gasteiger partial charge is 0.416 e. The number of benzene rings is 2. The zero-order valence-electron chi connectivity index (χ0n) is 17.7. The fraction of sp³-hybridized carbons (Fsp3) is 0.318. The van der Waals surface area contributed by atoms with Gasteiger partial charge in [0.05, 0.1) is 45.3 Å². The van der Waals surface area contributed by atoms with Gasteiger partial charge < -0.3 is 14.8 Å². The molecule has 4 aromatic rings. The number of fused-ring (bicyclic) bond motifs is 2. The van der Waals surface area contributed by atoms with E-state index in [4.69, 9.17) is 9.47 Å². The van der Waals surface area contributed by atoms with Crippen molar-refractivity contribution in [1.82, 2.24) is 20.3 Å². The summed E-state index contributed by atoms with van der Waals surface area (Å²) in [5.74, 6) is 0.693. The van der Waals surface area contributed by atoms with Crippen molar-refractivity contribution >= 4 is 32.6 Å². The molecule has 1 N–H and O–H groups in total. The first-order valence-corrected chi connectivity index (χ1v) is 10.7. The quantitative estimate of drug-likeness (QED) is 0.391. The van der Waals surface area contributed by atoms with Crippen LogP contribution >= 0.6 is 11.3 Å². The molecule has 0 unspecified atom stereocenters. The van der Waals surface area contributed by atoms with Crippen LogP contribution in [0.15, 0.2) is 30.5 Å². The number of ether oxygens (including phenoxy) is 2. The predicted molar refractivity (Wildman–Crippen MR) is 118 cm³/mol. The summed E-state index contributed by atoms with van der Waals surface area (Å²) in [4.78, 5) is 13.3. The van der Waals surface area contributed by atoms with E-state index in [1.807, 2.05) is 26.1 Å². The van der Waals surface area contributed by atoms with E-state index in [1.54, 1.807) is 0 Å². The van der Waals surface area contributed by atoms with Crippen LogP contribution in [-0.4, -0.2) is 42.3 Å². The van der Waals surface area contributed by atoms with E-state index in [9.17, 15) is 13.2 Å². The first-order chi connectivity index (χ1) is 15.3. The van der Waals surface area contributed by atoms with Crippen LogP contribution < -0.4 is 10.1 Å². The molecule has 0 spiro atoms. The molecule has 2 aromatic carbocycles. The van der Waals surface area contributed by atoms with Crippen molar-refractivity contribution in [3.63, 3.8) is 0 Å². The van der Waals surface area contributed by atoms with Crippen LogP contribution in [0.25, 0.3) is 31.8 Å². The summed E-state index contributed by atoms with van der Waals surface area (Å²) in [6.45, 7) is 3.26. The lowest BCUT2D eigenvalue weighted by Gasteiger charge is -2.11. The van der Waals surface area contributed by atoms with Crippen LogP contribution in [0, 0.1) is 6.92 Å². The molecule has 168 valence electrons. The highest BCUT2D eigenvalue weighted by atomic mass is 32.1. The molecule has 0 aliphatic carbocycles. The van der Waals surface area contributed by atoms with Crippen LogP contribution in [0.3, 0.4) is 0 Å². The number of likely N-dealkylation sites (N-methyl/N-ethyl adjacent to an activating group) is 1. The zero-order valence-corrected chi connectivity index (χ0v) is 18.5. The molecular weight excluding hydrogens is 441 g/mol. The van der Waals surface area contributed by atoms with Crippen LogP contribution in [0.1, 0.15) is 16.8 Å². The van der Waals surface area contributed by atoms with E-state index in [0.717, 1.165) is 27.9 Å². The number of thiazole rings is 1. The Kier molecular flexibility index (Phi) is 6.27. The molecule has 0 atom stereocenters. The zero-order chi connectivity index (χ0) is 22.9. The number of nitrogens with zero attached hydrogens (tertiary/aromatic N) is 3. The molecule has 0 bridgehead atoms. The Labute approximate surface area is 186 Å². The van der Waals surface area contributed by atoms with Crippen molar-refractivity contribution < 1.29 is 22.6 Å². The van der Waals surface area contributed by atoms with Crippen molar-refractivity contribution in [3.05, 3.63) is 47.3 Å². The van der Waals surface area contributed by atoms with Crippen LogP contribution in [0.4, 0.5) is 13.2 Å². The van der Waals surface area contributed by atoms with E-state index >= 15 is 0 Å². The summed E-state index contributed by atoms with van der Waals surface area (Å²) in [6, 6.07) is 5.83. The molecule has 0 aliphatic rings. The van der Waals surface area contributed by atoms with Gasteiger partial charge in [-0.3, -0.25) is 4.98 Å². The van der Waals surface area contributed by atoms with Crippen LogP contribution in [-0.2, 0) is 17.5 Å². The number of hydrogen-bond acceptors (Lipinski definition) is 7. The number of methoxy groups -OCH3 is 1. The van der Waals surface area contributed by atoms with E-state index in [-0.39, 0.29) is 12.1 Å². The van der Waals surface area contributed by atoms with Gasteiger partial charge in [0, 0.05) is 19.2 Å². The summed E-state index contributed by atoms with van der Waals surface area (Å²) < 4.78 is 52.5. The first kappa shape index (κ1) is 22.4. The molecule has 0 fully saturated rings. The first-order valence-electron chi connectivity index (χ1n) is 9.85. The number of nitrogens with one attached hydrogen (secondary N) is 1. The third-order valence-corrected chi connectivity index (χ3v) is 5.86. The van der Waals surface area contributed by atoms with Gasteiger partial charge in [-0.15, -0.1) is 11.3 Å². The number of aromatic nitrogens is 3. The number of rotatable bonds is 7. The lowest BCUT2D eigenvalue weighted by Crippen LogP contribution is -2.15. The van der Waals surface area contributed by atoms with Crippen molar-refractivity contribution in [3.8, 4) is 16.3 Å². The highest BCUT2D eigenvalue weighted by molar-refractivity contribution is 7.21. The molecule has 0 radical (unpaired) electrons. The maximum absolute atomic E-state index is 13.6. The average Bonchev–Trinajstić information content (AvgIpc) is 3.17. The van der Waals surface area contributed by atoms with Crippen molar-refractivity contribution in [2.45, 2.75) is 19.7 Å². The maximum Gasteiger partial charge on any atom is 0.416 e. The standard InChI is InChI=1S/C22H21F3N4O2S/c1-12-6-15(31-5-4-26-2)9-18-19(12)29-21(32-18)16-7-13(22(23,24)25)8-17-20(16)27-10-14(28-17)11-30-3/h6-10,26H,4-5,11H2,1-3H3. The molecule has 2 aromatic heterocycles. The Morgan fingerprint density at radius 1 is 1.09 bits per heavy atom. The third kappa shape index (κ3) is 4.52. The summed E-state index contributed by atoms with van der Waals surface area (Å²) >= 11 is 1.30. The number of hydrogen-bond donors (Lipinski definition) is 1. The Hall–Kier alpha value is -2.82. The minimum atomic E-state index is -4.52. The molecule has 2 heterocycles. The molecule has 6 nitrogen and oxygen atoms in total. The molecule has 32 heavy (non-hydrogen) atoms. The van der Waals surface area contributed by atoms with Gasteiger partial charge in [-0.2, -0.15) is 13.2 Å². The number of alkyl halides is 3. The second kappa shape index (κ2) is 8.97. The van der Waals surface area contributed by atoms with E-state index < -0.39 is 11.7 Å². The van der Waals surface area contributed by atoms with Crippen LogP contribution in [0.5, 0.6) is 5.75 Å². The number of halogens is 3. The van der Waals surface area contributed by atoms with Gasteiger partial charge in [0.2, 0.25) is 0 Å². The Bertz CT molecular complexity index is 1270. The molecular formula is C22H21F3N4O2S. The van der Waals surface area contributed by atoms with E-state index in [1.165, 1.54) is 24.6 Å². The van der Waals surface area contributed by atoms with E-state index in [2.05, 4.69) is 20.3 Å². The van der Waals surface area contributed by atoms with Gasteiger partial charge in [-0.1, -0.05) is 0 Å². The average molecular weight is 462 g/mol. The normalized spacial score (nSPS) is 12.1. The maximum atomic E-state index is 13.6. The van der Waals surface area contributed by atoms with Gasteiger partial charge in [0.15, 0.2) is 0 Å². The van der Waals surface area contributed by atoms with Gasteiger partial charge in [0.25, 0.3) is 0 Å². The highest BCUT2D eigenvalue weighted by Gasteiger charge is 2.32. The summed E-state index contributed by atoms with van der Waals surface area (Å²) in [6.07, 6.45) is -3.02. The van der Waals surface area contributed by atoms with Gasteiger partial charge >= 0.3 is 6.18 Å². The van der Waals surface area contributed by atoms with Crippen molar-refractivity contribution in [1.29, 1.82) is 0 Å². The minimum Gasteiger partial charge on any atom is -0.492 e. The fourth-order valence-electron chi connectivity index (χ4n) is 3.34. The Balaban J connectivity index is 1.86. The molecule has 10 heteroatoms.